The van der Waals surface area contributed by atoms with Crippen molar-refractivity contribution in [1.29, 1.82) is 0 Å². The van der Waals surface area contributed by atoms with Crippen LogP contribution < -0.4 is 15.4 Å². The maximum absolute atomic E-state index is 12.4. The summed E-state index contributed by atoms with van der Waals surface area (Å²) in [5.41, 5.74) is 9.28. The van der Waals surface area contributed by atoms with Gasteiger partial charge in [-0.05, 0) is 74.0 Å². The van der Waals surface area contributed by atoms with Crippen molar-refractivity contribution >= 4 is 28.3 Å². The van der Waals surface area contributed by atoms with E-state index in [4.69, 9.17) is 10.5 Å². The highest BCUT2D eigenvalue weighted by atomic mass is 16.5. The molecule has 0 atom stereocenters. The van der Waals surface area contributed by atoms with Crippen LogP contribution in [0.4, 0.5) is 16.2 Å². The number of nitrogens with zero attached hydrogens (tertiary/aromatic N) is 4. The molecule has 2 heterocycles. The normalized spacial score (nSPS) is 13.9. The van der Waals surface area contributed by atoms with Gasteiger partial charge in [0.05, 0.1) is 29.6 Å². The minimum atomic E-state index is -0.541. The molecule has 34 heavy (non-hydrogen) atoms. The van der Waals surface area contributed by atoms with Gasteiger partial charge in [-0.25, -0.2) is 4.79 Å². The lowest BCUT2D eigenvalue weighted by atomic mass is 10.2. The van der Waals surface area contributed by atoms with Gasteiger partial charge >= 0.3 is 6.03 Å². The molecule has 5 rings (SSSR count). The summed E-state index contributed by atoms with van der Waals surface area (Å²) in [5, 5.41) is 5.61. The molecule has 2 N–H and O–H groups in total. The van der Waals surface area contributed by atoms with E-state index in [9.17, 15) is 4.79 Å². The Morgan fingerprint density at radius 3 is 2.41 bits per heavy atom. The fourth-order valence-electron chi connectivity index (χ4n) is 4.45. The summed E-state index contributed by atoms with van der Waals surface area (Å²) < 4.78 is 7.89. The molecular weight excluding hydrogens is 426 g/mol. The lowest BCUT2D eigenvalue weighted by molar-refractivity contribution is 0.256. The van der Waals surface area contributed by atoms with Gasteiger partial charge in [-0.2, -0.15) is 5.10 Å². The molecule has 0 bridgehead atoms. The molecule has 3 aromatic carbocycles. The molecule has 0 saturated carbocycles. The summed E-state index contributed by atoms with van der Waals surface area (Å²) in [6.45, 7) is 4.59. The lowest BCUT2D eigenvalue weighted by Gasteiger charge is -2.21. The Kier molecular flexibility index (Phi) is 6.44. The SMILES string of the molecule is NC(=O)N(c1ccc(OCc2ccccc2)cc1)c1ccc2cnn(CCN3CCCC3)c2c1. The van der Waals surface area contributed by atoms with E-state index in [0.717, 1.165) is 48.4 Å². The molecule has 0 unspecified atom stereocenters. The topological polar surface area (TPSA) is 76.6 Å². The van der Waals surface area contributed by atoms with Gasteiger partial charge in [0.1, 0.15) is 12.4 Å². The van der Waals surface area contributed by atoms with Crippen LogP contribution in [-0.4, -0.2) is 40.3 Å². The van der Waals surface area contributed by atoms with Gasteiger partial charge in [-0.3, -0.25) is 9.58 Å². The van der Waals surface area contributed by atoms with Crippen LogP contribution in [0.15, 0.2) is 79.0 Å². The third-order valence-corrected chi connectivity index (χ3v) is 6.28. The molecule has 7 heteroatoms. The maximum Gasteiger partial charge on any atom is 0.323 e. The summed E-state index contributed by atoms with van der Waals surface area (Å²) in [6.07, 6.45) is 4.41. The second kappa shape index (κ2) is 9.97. The van der Waals surface area contributed by atoms with Crippen molar-refractivity contribution in [3.63, 3.8) is 0 Å². The van der Waals surface area contributed by atoms with Crippen LogP contribution in [0.25, 0.3) is 10.9 Å². The first-order valence-corrected chi connectivity index (χ1v) is 11.7. The standard InChI is InChI=1S/C27H29N5O2/c28-27(33)32(23-10-12-25(13-11-23)34-20-21-6-2-1-3-7-21)24-9-8-22-19-29-31(26(22)18-24)17-16-30-14-4-5-15-30/h1-3,6-13,18-19H,4-5,14-17,20H2,(H2,28,33). The van der Waals surface area contributed by atoms with Gasteiger partial charge in [-0.15, -0.1) is 0 Å². The molecule has 0 radical (unpaired) electrons. The van der Waals surface area contributed by atoms with Crippen LogP contribution in [0.5, 0.6) is 5.75 Å². The third-order valence-electron chi connectivity index (χ3n) is 6.28. The minimum absolute atomic E-state index is 0.484. The smallest absolute Gasteiger partial charge is 0.323 e. The van der Waals surface area contributed by atoms with Gasteiger partial charge in [0.25, 0.3) is 0 Å². The molecule has 4 aromatic rings. The Hall–Kier alpha value is -3.84. The second-order valence-corrected chi connectivity index (χ2v) is 8.60. The zero-order valence-electron chi connectivity index (χ0n) is 19.1. The zero-order valence-corrected chi connectivity index (χ0v) is 19.1. The van der Waals surface area contributed by atoms with Crippen molar-refractivity contribution in [3.8, 4) is 5.75 Å². The Morgan fingerprint density at radius 1 is 0.941 bits per heavy atom. The summed E-state index contributed by atoms with van der Waals surface area (Å²) in [5.74, 6) is 0.729. The number of primary amides is 1. The van der Waals surface area contributed by atoms with Gasteiger partial charge in [-0.1, -0.05) is 30.3 Å². The minimum Gasteiger partial charge on any atom is -0.489 e. The number of likely N-dealkylation sites (tertiary alicyclic amines) is 1. The van der Waals surface area contributed by atoms with E-state index in [0.29, 0.717) is 18.0 Å². The fraction of sp³-hybridized carbons (Fsp3) is 0.259. The Labute approximate surface area is 199 Å². The van der Waals surface area contributed by atoms with E-state index in [2.05, 4.69) is 10.00 Å². The molecule has 7 nitrogen and oxygen atoms in total. The molecule has 1 aliphatic heterocycles. The maximum atomic E-state index is 12.4. The number of nitrogens with two attached hydrogens (primary N) is 1. The van der Waals surface area contributed by atoms with Crippen molar-refractivity contribution in [2.45, 2.75) is 26.0 Å². The highest BCUT2D eigenvalue weighted by Gasteiger charge is 2.17. The molecule has 1 aromatic heterocycles. The first kappa shape index (κ1) is 22.0. The Bertz CT molecular complexity index is 1250. The number of ether oxygens (including phenoxy) is 1. The van der Waals surface area contributed by atoms with E-state index in [1.54, 1.807) is 0 Å². The van der Waals surface area contributed by atoms with Crippen molar-refractivity contribution in [2.24, 2.45) is 5.73 Å². The molecule has 1 saturated heterocycles. The lowest BCUT2D eigenvalue weighted by Crippen LogP contribution is -2.31. The highest BCUT2D eigenvalue weighted by Crippen LogP contribution is 2.30. The number of hydrogen-bond acceptors (Lipinski definition) is 4. The summed E-state index contributed by atoms with van der Waals surface area (Å²) in [6, 6.07) is 22.7. The number of urea groups is 1. The van der Waals surface area contributed by atoms with E-state index in [1.165, 1.54) is 17.7 Å². The number of carbonyl (C=O) groups is 1. The van der Waals surface area contributed by atoms with Gasteiger partial charge < -0.3 is 15.4 Å². The predicted molar refractivity (Wildman–Crippen MR) is 134 cm³/mol. The van der Waals surface area contributed by atoms with Crippen LogP contribution in [0.1, 0.15) is 18.4 Å². The Balaban J connectivity index is 1.34. The highest BCUT2D eigenvalue weighted by molar-refractivity contribution is 6.00. The van der Waals surface area contributed by atoms with Crippen LogP contribution in [-0.2, 0) is 13.2 Å². The number of amides is 2. The molecule has 0 aliphatic carbocycles. The number of rotatable bonds is 8. The second-order valence-electron chi connectivity index (χ2n) is 8.60. The first-order chi connectivity index (χ1) is 16.7. The number of aromatic nitrogens is 2. The Morgan fingerprint density at radius 2 is 1.68 bits per heavy atom. The van der Waals surface area contributed by atoms with Gasteiger partial charge in [0.15, 0.2) is 0 Å². The van der Waals surface area contributed by atoms with Crippen LogP contribution in [0.3, 0.4) is 0 Å². The first-order valence-electron chi connectivity index (χ1n) is 11.7. The molecule has 0 spiro atoms. The van der Waals surface area contributed by atoms with Crippen LogP contribution in [0, 0.1) is 0 Å². The monoisotopic (exact) mass is 455 g/mol. The van der Waals surface area contributed by atoms with Crippen molar-refractivity contribution in [2.75, 3.05) is 24.5 Å². The van der Waals surface area contributed by atoms with Crippen LogP contribution >= 0.6 is 0 Å². The number of hydrogen-bond donors (Lipinski definition) is 1. The molecule has 1 aliphatic rings. The van der Waals surface area contributed by atoms with Gasteiger partial charge in [0.2, 0.25) is 0 Å². The van der Waals surface area contributed by atoms with Crippen molar-refractivity contribution in [3.05, 3.63) is 84.6 Å². The quantitative estimate of drug-likeness (QED) is 0.409. The van der Waals surface area contributed by atoms with Gasteiger partial charge in [0, 0.05) is 11.9 Å². The fourth-order valence-corrected chi connectivity index (χ4v) is 4.45. The van der Waals surface area contributed by atoms with Crippen LogP contribution in [0.2, 0.25) is 0 Å². The number of anilines is 2. The predicted octanol–water partition coefficient (Wildman–Crippen LogP) is 4.93. The molecular formula is C27H29N5O2. The molecule has 2 amide bonds. The summed E-state index contributed by atoms with van der Waals surface area (Å²) >= 11 is 0. The van der Waals surface area contributed by atoms with E-state index < -0.39 is 6.03 Å². The van der Waals surface area contributed by atoms with Crippen molar-refractivity contribution < 1.29 is 9.53 Å². The third kappa shape index (κ3) is 4.89. The van der Waals surface area contributed by atoms with E-state index >= 15 is 0 Å². The largest absolute Gasteiger partial charge is 0.489 e. The molecule has 174 valence electrons. The summed E-state index contributed by atoms with van der Waals surface area (Å²) in [7, 11) is 0. The van der Waals surface area contributed by atoms with Crippen molar-refractivity contribution in [1.82, 2.24) is 14.7 Å². The average Bonchev–Trinajstić information content (AvgIpc) is 3.52. The number of benzene rings is 3. The number of carbonyl (C=O) groups excluding carboxylic acids is 1. The average molecular weight is 456 g/mol. The van der Waals surface area contributed by atoms with E-state index in [-0.39, 0.29) is 0 Å². The van der Waals surface area contributed by atoms with E-state index in [1.807, 2.05) is 83.7 Å². The zero-order chi connectivity index (χ0) is 23.3. The summed E-state index contributed by atoms with van der Waals surface area (Å²) in [4.78, 5) is 16.4. The molecule has 1 fully saturated rings. The number of fused-ring (bicyclic) bond motifs is 1.